The fourth-order valence-corrected chi connectivity index (χ4v) is 3.31. The summed E-state index contributed by atoms with van der Waals surface area (Å²) in [7, 11) is 0. The number of ether oxygens (including phenoxy) is 1. The molecule has 0 aromatic rings. The number of nitroso groups, excluding NO2 is 1. The van der Waals surface area contributed by atoms with Crippen LogP contribution >= 0.6 is 0 Å². The van der Waals surface area contributed by atoms with Crippen LogP contribution in [0, 0.1) is 10.8 Å². The lowest BCUT2D eigenvalue weighted by atomic mass is 9.97. The van der Waals surface area contributed by atoms with Crippen LogP contribution in [0.4, 0.5) is 0 Å². The first-order valence-corrected chi connectivity index (χ1v) is 9.76. The van der Waals surface area contributed by atoms with Crippen LogP contribution < -0.4 is 10.6 Å². The molecule has 0 spiro atoms. The van der Waals surface area contributed by atoms with Crippen LogP contribution in [0.3, 0.4) is 0 Å². The number of amides is 4. The third-order valence-electron chi connectivity index (χ3n) is 5.25. The number of nitrogens with zero attached hydrogens (tertiary/aromatic N) is 2. The van der Waals surface area contributed by atoms with Gasteiger partial charge in [0.05, 0.1) is 0 Å². The van der Waals surface area contributed by atoms with Gasteiger partial charge in [-0.1, -0.05) is 27.2 Å². The first-order valence-electron chi connectivity index (χ1n) is 9.76. The largest absolute Gasteiger partial charge is 0.354 e. The van der Waals surface area contributed by atoms with E-state index in [0.29, 0.717) is 32.4 Å². The summed E-state index contributed by atoms with van der Waals surface area (Å²) >= 11 is 0. The molecule has 2 saturated heterocycles. The molecule has 5 atom stereocenters. The first kappa shape index (κ1) is 21.9. The van der Waals surface area contributed by atoms with Gasteiger partial charge in [-0.3, -0.25) is 19.2 Å². The van der Waals surface area contributed by atoms with Crippen LogP contribution in [0.15, 0.2) is 5.18 Å². The molecule has 0 aromatic heterocycles. The first-order chi connectivity index (χ1) is 13.3. The van der Waals surface area contributed by atoms with Gasteiger partial charge in [0.15, 0.2) is 12.2 Å². The summed E-state index contributed by atoms with van der Waals surface area (Å²) in [5.41, 5.74) is 0. The van der Waals surface area contributed by atoms with E-state index in [1.807, 2.05) is 20.8 Å². The minimum absolute atomic E-state index is 0.205. The van der Waals surface area contributed by atoms with Gasteiger partial charge in [-0.15, -0.1) is 4.91 Å². The molecule has 10 nitrogen and oxygen atoms in total. The van der Waals surface area contributed by atoms with Crippen molar-refractivity contribution in [2.75, 3.05) is 13.1 Å². The van der Waals surface area contributed by atoms with Crippen molar-refractivity contribution in [3.63, 3.8) is 0 Å². The molecule has 2 N–H and O–H groups in total. The summed E-state index contributed by atoms with van der Waals surface area (Å²) < 4.78 is 5.17. The van der Waals surface area contributed by atoms with Gasteiger partial charge < -0.3 is 20.3 Å². The Morgan fingerprint density at radius 3 is 2.46 bits per heavy atom. The Bertz CT molecular complexity index is 640. The lowest BCUT2D eigenvalue weighted by Crippen LogP contribution is -2.55. The maximum Gasteiger partial charge on any atom is 0.308 e. The van der Waals surface area contributed by atoms with E-state index < -0.39 is 42.0 Å². The maximum atomic E-state index is 13.0. The Kier molecular flexibility index (Phi) is 7.61. The zero-order valence-corrected chi connectivity index (χ0v) is 16.5. The van der Waals surface area contributed by atoms with Crippen molar-refractivity contribution in [1.82, 2.24) is 15.5 Å². The van der Waals surface area contributed by atoms with Crippen LogP contribution in [0.1, 0.15) is 46.5 Å². The number of epoxide rings is 1. The number of likely N-dealkylation sites (tertiary alicyclic amines) is 1. The highest BCUT2D eigenvalue weighted by molar-refractivity contribution is 5.98. The van der Waals surface area contributed by atoms with Crippen LogP contribution in [0.5, 0.6) is 0 Å². The summed E-state index contributed by atoms with van der Waals surface area (Å²) in [6, 6.07) is -1.75. The number of carbonyl (C=O) groups excluding carboxylic acids is 4. The highest BCUT2D eigenvalue weighted by atomic mass is 16.6. The number of rotatable bonds is 9. The molecule has 2 heterocycles. The van der Waals surface area contributed by atoms with Gasteiger partial charge >= 0.3 is 5.91 Å². The Morgan fingerprint density at radius 1 is 1.18 bits per heavy atom. The van der Waals surface area contributed by atoms with Crippen LogP contribution in [0.25, 0.3) is 0 Å². The summed E-state index contributed by atoms with van der Waals surface area (Å²) in [6.45, 7) is 6.43. The Balaban J connectivity index is 2.03. The second-order valence-corrected chi connectivity index (χ2v) is 7.26. The standard InChI is InChI=1S/C18H28N4O6/c1-4-8-19-16(24)13-14(28-13)17(25)20-12(10(3)5-2)18(26)22-9-6-7-11(22)15(23)21-27/h10-14H,4-9H2,1-3H3,(H,19,24)(H,20,25)/t10-,11-,12-,13-,14?/m0/s1. The van der Waals surface area contributed by atoms with Crippen molar-refractivity contribution in [3.05, 3.63) is 4.91 Å². The van der Waals surface area contributed by atoms with Crippen molar-refractivity contribution in [2.24, 2.45) is 11.1 Å². The highest BCUT2D eigenvalue weighted by Gasteiger charge is 2.51. The molecule has 2 aliphatic rings. The average Bonchev–Trinajstić information content (AvgIpc) is 3.36. The SMILES string of the molecule is CCCNC(=O)[C@H]1OC1C(=O)N[C@H](C(=O)N1CCC[C@H]1C(=O)N=O)[C@@H](C)CC. The molecule has 28 heavy (non-hydrogen) atoms. The monoisotopic (exact) mass is 396 g/mol. The molecule has 0 radical (unpaired) electrons. The minimum atomic E-state index is -0.927. The average molecular weight is 396 g/mol. The minimum Gasteiger partial charge on any atom is -0.354 e. The topological polar surface area (TPSA) is 138 Å². The highest BCUT2D eigenvalue weighted by Crippen LogP contribution is 2.25. The fraction of sp³-hybridized carbons (Fsp3) is 0.778. The predicted octanol–water partition coefficient (Wildman–Crippen LogP) is 0.0949. The predicted molar refractivity (Wildman–Crippen MR) is 98.9 cm³/mol. The van der Waals surface area contributed by atoms with Gasteiger partial charge in [-0.05, 0) is 25.2 Å². The van der Waals surface area contributed by atoms with E-state index in [-0.39, 0.29) is 11.8 Å². The van der Waals surface area contributed by atoms with Gasteiger partial charge in [-0.25, -0.2) is 0 Å². The fourth-order valence-electron chi connectivity index (χ4n) is 3.31. The Hall–Kier alpha value is -2.36. The molecule has 4 amide bonds. The second kappa shape index (κ2) is 9.72. The maximum absolute atomic E-state index is 13.0. The number of nitrogens with one attached hydrogen (secondary N) is 2. The molecule has 156 valence electrons. The summed E-state index contributed by atoms with van der Waals surface area (Å²) in [6.07, 6.45) is 0.572. The second-order valence-electron chi connectivity index (χ2n) is 7.26. The Labute approximate surface area is 163 Å². The third kappa shape index (κ3) is 4.92. The molecule has 2 fully saturated rings. The third-order valence-corrected chi connectivity index (χ3v) is 5.25. The van der Waals surface area contributed by atoms with Gasteiger partial charge in [0.25, 0.3) is 11.8 Å². The zero-order valence-electron chi connectivity index (χ0n) is 16.5. The molecular formula is C18H28N4O6. The number of hydrogen-bond donors (Lipinski definition) is 2. The van der Waals surface area contributed by atoms with E-state index >= 15 is 0 Å². The lowest BCUT2D eigenvalue weighted by Gasteiger charge is -2.30. The summed E-state index contributed by atoms with van der Waals surface area (Å²) in [4.78, 5) is 61.0. The van der Waals surface area contributed by atoms with Crippen molar-refractivity contribution in [2.45, 2.75) is 70.7 Å². The van der Waals surface area contributed by atoms with E-state index in [1.54, 1.807) is 0 Å². The van der Waals surface area contributed by atoms with E-state index in [9.17, 15) is 24.1 Å². The van der Waals surface area contributed by atoms with Gasteiger partial charge in [0.2, 0.25) is 5.91 Å². The van der Waals surface area contributed by atoms with Crippen LogP contribution in [0.2, 0.25) is 0 Å². The summed E-state index contributed by atoms with van der Waals surface area (Å²) in [5.74, 6) is -2.39. The lowest BCUT2D eigenvalue weighted by molar-refractivity contribution is -0.142. The van der Waals surface area contributed by atoms with Gasteiger partial charge in [0, 0.05) is 18.3 Å². The van der Waals surface area contributed by atoms with E-state index in [1.165, 1.54) is 4.90 Å². The molecule has 0 aliphatic carbocycles. The molecule has 2 aliphatic heterocycles. The molecule has 0 saturated carbocycles. The van der Waals surface area contributed by atoms with Gasteiger partial charge in [-0.2, -0.15) is 0 Å². The molecule has 2 rings (SSSR count). The summed E-state index contributed by atoms with van der Waals surface area (Å²) in [5, 5.41) is 7.78. The number of hydrogen-bond acceptors (Lipinski definition) is 6. The van der Waals surface area contributed by atoms with Gasteiger partial charge in [0.1, 0.15) is 12.1 Å². The van der Waals surface area contributed by atoms with E-state index in [2.05, 4.69) is 15.8 Å². The van der Waals surface area contributed by atoms with E-state index in [0.717, 1.165) is 6.42 Å². The molecule has 10 heteroatoms. The van der Waals surface area contributed by atoms with Crippen molar-refractivity contribution >= 4 is 23.6 Å². The molecule has 0 bridgehead atoms. The van der Waals surface area contributed by atoms with Crippen LogP contribution in [-0.4, -0.2) is 65.9 Å². The quantitative estimate of drug-likeness (QED) is 0.419. The molecule has 0 aromatic carbocycles. The van der Waals surface area contributed by atoms with Crippen molar-refractivity contribution in [3.8, 4) is 0 Å². The van der Waals surface area contributed by atoms with E-state index in [4.69, 9.17) is 4.74 Å². The Morgan fingerprint density at radius 2 is 1.86 bits per heavy atom. The normalized spacial score (nSPS) is 25.5. The smallest absolute Gasteiger partial charge is 0.308 e. The molecule has 1 unspecified atom stereocenters. The van der Waals surface area contributed by atoms with Crippen molar-refractivity contribution in [1.29, 1.82) is 0 Å². The number of carbonyl (C=O) groups is 4. The van der Waals surface area contributed by atoms with Crippen LogP contribution in [-0.2, 0) is 23.9 Å². The van der Waals surface area contributed by atoms with Crippen molar-refractivity contribution < 1.29 is 23.9 Å². The zero-order chi connectivity index (χ0) is 20.8. The molecular weight excluding hydrogens is 368 g/mol.